The summed E-state index contributed by atoms with van der Waals surface area (Å²) in [5.74, 6) is 0.357. The molecular formula is C16H21N5O2S. The summed E-state index contributed by atoms with van der Waals surface area (Å²) in [5, 5.41) is 10.5. The van der Waals surface area contributed by atoms with Crippen molar-refractivity contribution < 1.29 is 9.53 Å². The molecule has 2 aliphatic heterocycles. The smallest absolute Gasteiger partial charge is 0.227 e. The number of ether oxygens (including phenoxy) is 1. The van der Waals surface area contributed by atoms with Gasteiger partial charge in [-0.15, -0.1) is 11.3 Å². The van der Waals surface area contributed by atoms with Crippen LogP contribution in [0.3, 0.4) is 0 Å². The molecular weight excluding hydrogens is 326 g/mol. The van der Waals surface area contributed by atoms with Crippen LogP contribution in [0.5, 0.6) is 0 Å². The van der Waals surface area contributed by atoms with Gasteiger partial charge in [0.25, 0.3) is 0 Å². The van der Waals surface area contributed by atoms with Crippen LogP contribution in [-0.4, -0.2) is 58.4 Å². The number of carbonyl (C=O) groups excluding carboxylic acids is 1. The minimum atomic E-state index is -0.103. The second-order valence-electron chi connectivity index (χ2n) is 6.33. The molecule has 1 amide bonds. The first-order valence-corrected chi connectivity index (χ1v) is 9.09. The van der Waals surface area contributed by atoms with Gasteiger partial charge in [-0.1, -0.05) is 0 Å². The Hall–Kier alpha value is -1.77. The number of nitrogens with one attached hydrogen (secondary N) is 1. The van der Waals surface area contributed by atoms with Crippen molar-refractivity contribution in [3.05, 3.63) is 34.5 Å². The number of rotatable bonds is 3. The summed E-state index contributed by atoms with van der Waals surface area (Å²) in [6.45, 7) is 3.34. The van der Waals surface area contributed by atoms with E-state index in [1.54, 1.807) is 22.2 Å². The lowest BCUT2D eigenvalue weighted by Crippen LogP contribution is -2.46. The van der Waals surface area contributed by atoms with Gasteiger partial charge in [-0.3, -0.25) is 9.48 Å². The van der Waals surface area contributed by atoms with Crippen LogP contribution in [-0.2, 0) is 16.6 Å². The molecule has 0 saturated carbocycles. The summed E-state index contributed by atoms with van der Waals surface area (Å²) in [5.41, 5.74) is 1.13. The molecule has 8 heteroatoms. The molecule has 0 aromatic carbocycles. The van der Waals surface area contributed by atoms with Gasteiger partial charge in [-0.25, -0.2) is 4.98 Å². The van der Waals surface area contributed by atoms with Gasteiger partial charge in [0.1, 0.15) is 11.1 Å². The van der Waals surface area contributed by atoms with Gasteiger partial charge in [0.05, 0.1) is 25.3 Å². The van der Waals surface area contributed by atoms with Gasteiger partial charge in [0, 0.05) is 50.4 Å². The molecule has 2 aromatic rings. The molecule has 1 N–H and O–H groups in total. The predicted molar refractivity (Wildman–Crippen MR) is 89.7 cm³/mol. The second-order valence-corrected chi connectivity index (χ2v) is 7.26. The minimum absolute atomic E-state index is 0.0377. The Balaban J connectivity index is 1.48. The Morgan fingerprint density at radius 3 is 3.12 bits per heavy atom. The molecule has 128 valence electrons. The summed E-state index contributed by atoms with van der Waals surface area (Å²) in [4.78, 5) is 19.4. The van der Waals surface area contributed by atoms with Crippen LogP contribution in [0.4, 0.5) is 0 Å². The van der Waals surface area contributed by atoms with Crippen molar-refractivity contribution in [2.24, 2.45) is 13.0 Å². The monoisotopic (exact) mass is 347 g/mol. The number of amides is 1. The number of aryl methyl sites for hydroxylation is 1. The van der Waals surface area contributed by atoms with Gasteiger partial charge < -0.3 is 15.0 Å². The highest BCUT2D eigenvalue weighted by atomic mass is 32.1. The van der Waals surface area contributed by atoms with E-state index in [2.05, 4.69) is 15.4 Å². The summed E-state index contributed by atoms with van der Waals surface area (Å²) < 4.78 is 7.60. The topological polar surface area (TPSA) is 72.3 Å². The molecule has 7 nitrogen and oxygen atoms in total. The largest absolute Gasteiger partial charge is 0.367 e. The SMILES string of the molecule is Cn1cc([C@H]2CNC[C@@H]2C(=O)N2CCOC(c3nccs3)C2)cn1. The Kier molecular flexibility index (Phi) is 4.34. The maximum Gasteiger partial charge on any atom is 0.227 e. The van der Waals surface area contributed by atoms with E-state index in [4.69, 9.17) is 4.74 Å². The quantitative estimate of drug-likeness (QED) is 0.888. The average Bonchev–Trinajstić information content (AvgIpc) is 3.35. The number of thiazole rings is 1. The van der Waals surface area contributed by atoms with Crippen molar-refractivity contribution in [3.8, 4) is 0 Å². The third kappa shape index (κ3) is 2.97. The second kappa shape index (κ2) is 6.62. The minimum Gasteiger partial charge on any atom is -0.367 e. The molecule has 4 rings (SSSR count). The summed E-state index contributed by atoms with van der Waals surface area (Å²) in [6.07, 6.45) is 5.56. The van der Waals surface area contributed by atoms with Crippen molar-refractivity contribution >= 4 is 17.2 Å². The summed E-state index contributed by atoms with van der Waals surface area (Å²) >= 11 is 1.58. The fourth-order valence-electron chi connectivity index (χ4n) is 3.55. The first-order chi connectivity index (χ1) is 11.7. The first kappa shape index (κ1) is 15.7. The van der Waals surface area contributed by atoms with Gasteiger partial charge in [-0.2, -0.15) is 5.10 Å². The van der Waals surface area contributed by atoms with Crippen molar-refractivity contribution in [1.82, 2.24) is 25.0 Å². The molecule has 2 aromatic heterocycles. The van der Waals surface area contributed by atoms with Crippen LogP contribution in [0.1, 0.15) is 22.6 Å². The van der Waals surface area contributed by atoms with Crippen LogP contribution in [0.15, 0.2) is 24.0 Å². The maximum atomic E-state index is 13.1. The summed E-state index contributed by atoms with van der Waals surface area (Å²) in [7, 11) is 1.91. The Morgan fingerprint density at radius 1 is 1.46 bits per heavy atom. The highest BCUT2D eigenvalue weighted by Gasteiger charge is 2.38. The number of hydrogen-bond donors (Lipinski definition) is 1. The van der Waals surface area contributed by atoms with E-state index in [1.807, 2.05) is 29.7 Å². The van der Waals surface area contributed by atoms with E-state index in [1.165, 1.54) is 0 Å². The Labute approximate surface area is 144 Å². The summed E-state index contributed by atoms with van der Waals surface area (Å²) in [6, 6.07) is 0. The van der Waals surface area contributed by atoms with Crippen LogP contribution >= 0.6 is 11.3 Å². The zero-order valence-corrected chi connectivity index (χ0v) is 14.4. The van der Waals surface area contributed by atoms with Crippen LogP contribution in [0, 0.1) is 5.92 Å². The molecule has 0 radical (unpaired) electrons. The highest BCUT2D eigenvalue weighted by molar-refractivity contribution is 7.09. The number of aromatic nitrogens is 3. The van der Waals surface area contributed by atoms with Crippen molar-refractivity contribution in [3.63, 3.8) is 0 Å². The lowest BCUT2D eigenvalue weighted by Gasteiger charge is -2.34. The molecule has 3 atom stereocenters. The maximum absolute atomic E-state index is 13.1. The van der Waals surface area contributed by atoms with Gasteiger partial charge >= 0.3 is 0 Å². The molecule has 4 heterocycles. The van der Waals surface area contributed by atoms with Crippen LogP contribution < -0.4 is 5.32 Å². The van der Waals surface area contributed by atoms with Crippen LogP contribution in [0.2, 0.25) is 0 Å². The normalized spacial score (nSPS) is 27.5. The third-order valence-electron chi connectivity index (χ3n) is 4.79. The van der Waals surface area contributed by atoms with Gasteiger partial charge in [0.15, 0.2) is 0 Å². The lowest BCUT2D eigenvalue weighted by molar-refractivity contribution is -0.143. The number of morpholine rings is 1. The molecule has 0 spiro atoms. The van der Waals surface area contributed by atoms with Crippen molar-refractivity contribution in [1.29, 1.82) is 0 Å². The van der Waals surface area contributed by atoms with E-state index in [0.29, 0.717) is 19.7 Å². The lowest BCUT2D eigenvalue weighted by atomic mass is 9.89. The van der Waals surface area contributed by atoms with Crippen molar-refractivity contribution in [2.45, 2.75) is 12.0 Å². The van der Waals surface area contributed by atoms with E-state index >= 15 is 0 Å². The number of hydrogen-bond acceptors (Lipinski definition) is 6. The molecule has 24 heavy (non-hydrogen) atoms. The van der Waals surface area contributed by atoms with Gasteiger partial charge in [0.2, 0.25) is 5.91 Å². The fourth-order valence-corrected chi connectivity index (χ4v) is 4.22. The predicted octanol–water partition coefficient (Wildman–Crippen LogP) is 0.780. The fraction of sp³-hybridized carbons (Fsp3) is 0.562. The Bertz CT molecular complexity index is 701. The zero-order valence-electron chi connectivity index (χ0n) is 13.6. The third-order valence-corrected chi connectivity index (χ3v) is 5.66. The average molecular weight is 347 g/mol. The van der Waals surface area contributed by atoms with Crippen molar-refractivity contribution in [2.75, 3.05) is 32.8 Å². The highest BCUT2D eigenvalue weighted by Crippen LogP contribution is 2.31. The van der Waals surface area contributed by atoms with E-state index in [9.17, 15) is 4.79 Å². The van der Waals surface area contributed by atoms with E-state index < -0.39 is 0 Å². The number of nitrogens with zero attached hydrogens (tertiary/aromatic N) is 4. The van der Waals surface area contributed by atoms with Crippen LogP contribution in [0.25, 0.3) is 0 Å². The van der Waals surface area contributed by atoms with Gasteiger partial charge in [-0.05, 0) is 5.56 Å². The zero-order chi connectivity index (χ0) is 16.5. The first-order valence-electron chi connectivity index (χ1n) is 8.21. The molecule has 2 fully saturated rings. The van der Waals surface area contributed by atoms with E-state index in [0.717, 1.165) is 23.7 Å². The standard InChI is InChI=1S/C16H21N5O2S/c1-20-9-11(6-19-20)12-7-17-8-13(12)16(22)21-3-4-23-14(10-21)15-18-2-5-24-15/h2,5-6,9,12-14,17H,3-4,7-8,10H2,1H3/t12-,13+,14?/m1/s1. The molecule has 0 bridgehead atoms. The Morgan fingerprint density at radius 2 is 2.38 bits per heavy atom. The molecule has 2 saturated heterocycles. The number of carbonyl (C=O) groups is 1. The van der Waals surface area contributed by atoms with E-state index in [-0.39, 0.29) is 23.8 Å². The molecule has 2 aliphatic rings. The molecule has 0 aliphatic carbocycles. The molecule has 1 unspecified atom stereocenters.